The fourth-order valence-corrected chi connectivity index (χ4v) is 0.644. The van der Waals surface area contributed by atoms with Gasteiger partial charge in [0.15, 0.2) is 0 Å². The van der Waals surface area contributed by atoms with Gasteiger partial charge >= 0.3 is 0 Å². The van der Waals surface area contributed by atoms with Gasteiger partial charge in [0, 0.05) is 0 Å². The quantitative estimate of drug-likeness (QED) is 0.603. The molecule has 0 saturated heterocycles. The minimum Gasteiger partial charge on any atom is -0.393 e. The van der Waals surface area contributed by atoms with Crippen LogP contribution in [-0.2, 0) is 4.74 Å². The lowest BCUT2D eigenvalue weighted by atomic mass is 10.2. The Labute approximate surface area is 62.5 Å². The van der Waals surface area contributed by atoms with Crippen LogP contribution < -0.4 is 0 Å². The van der Waals surface area contributed by atoms with Gasteiger partial charge in [0.1, 0.15) is 6.10 Å². The second kappa shape index (κ2) is 4.47. The SMILES string of the molecule is C=C(C)C(CO)OC(C)C. The first-order chi connectivity index (χ1) is 4.57. The largest absolute Gasteiger partial charge is 0.393 e. The van der Waals surface area contributed by atoms with Gasteiger partial charge in [-0.2, -0.15) is 0 Å². The number of hydrogen-bond acceptors (Lipinski definition) is 2. The lowest BCUT2D eigenvalue weighted by Gasteiger charge is -2.17. The maximum atomic E-state index is 8.76. The first-order valence-corrected chi connectivity index (χ1v) is 3.49. The third-order valence-corrected chi connectivity index (χ3v) is 1.15. The molecule has 0 amide bonds. The summed E-state index contributed by atoms with van der Waals surface area (Å²) in [4.78, 5) is 0. The highest BCUT2D eigenvalue weighted by atomic mass is 16.5. The maximum absolute atomic E-state index is 8.76. The van der Waals surface area contributed by atoms with E-state index in [2.05, 4.69) is 6.58 Å². The lowest BCUT2D eigenvalue weighted by Crippen LogP contribution is -2.22. The Balaban J connectivity index is 3.72. The van der Waals surface area contributed by atoms with E-state index < -0.39 is 0 Å². The highest BCUT2D eigenvalue weighted by Crippen LogP contribution is 2.05. The summed E-state index contributed by atoms with van der Waals surface area (Å²) in [5.74, 6) is 0. The molecule has 1 unspecified atom stereocenters. The molecular weight excluding hydrogens is 128 g/mol. The molecule has 0 aromatic carbocycles. The first kappa shape index (κ1) is 9.66. The number of aliphatic hydroxyl groups excluding tert-OH is 1. The van der Waals surface area contributed by atoms with Crippen molar-refractivity contribution in [2.45, 2.75) is 33.0 Å². The zero-order valence-corrected chi connectivity index (χ0v) is 6.92. The summed E-state index contributed by atoms with van der Waals surface area (Å²) in [6.45, 7) is 9.44. The van der Waals surface area contributed by atoms with E-state index in [9.17, 15) is 0 Å². The van der Waals surface area contributed by atoms with Crippen molar-refractivity contribution in [3.63, 3.8) is 0 Å². The summed E-state index contributed by atoms with van der Waals surface area (Å²) in [5, 5.41) is 8.76. The molecule has 2 nitrogen and oxygen atoms in total. The van der Waals surface area contributed by atoms with Crippen LogP contribution in [0.1, 0.15) is 20.8 Å². The fourth-order valence-electron chi connectivity index (χ4n) is 0.644. The van der Waals surface area contributed by atoms with Crippen LogP contribution in [0.3, 0.4) is 0 Å². The maximum Gasteiger partial charge on any atom is 0.101 e. The molecule has 0 fully saturated rings. The van der Waals surface area contributed by atoms with Crippen LogP contribution in [0.4, 0.5) is 0 Å². The molecule has 2 heteroatoms. The van der Waals surface area contributed by atoms with E-state index in [1.165, 1.54) is 0 Å². The van der Waals surface area contributed by atoms with E-state index in [1.807, 2.05) is 20.8 Å². The van der Waals surface area contributed by atoms with Crippen molar-refractivity contribution in [3.8, 4) is 0 Å². The van der Waals surface area contributed by atoms with Gasteiger partial charge in [-0.1, -0.05) is 6.58 Å². The highest BCUT2D eigenvalue weighted by Gasteiger charge is 2.09. The zero-order valence-electron chi connectivity index (χ0n) is 6.92. The summed E-state index contributed by atoms with van der Waals surface area (Å²) in [6, 6.07) is 0. The van der Waals surface area contributed by atoms with Gasteiger partial charge in [0.05, 0.1) is 12.7 Å². The normalized spacial score (nSPS) is 13.7. The van der Waals surface area contributed by atoms with Gasteiger partial charge in [-0.05, 0) is 26.3 Å². The van der Waals surface area contributed by atoms with Crippen molar-refractivity contribution in [2.24, 2.45) is 0 Å². The molecule has 0 aromatic rings. The first-order valence-electron chi connectivity index (χ1n) is 3.49. The zero-order chi connectivity index (χ0) is 8.15. The predicted octanol–water partition coefficient (Wildman–Crippen LogP) is 1.35. The predicted molar refractivity (Wildman–Crippen MR) is 41.9 cm³/mol. The van der Waals surface area contributed by atoms with E-state index >= 15 is 0 Å². The molecule has 0 aliphatic carbocycles. The van der Waals surface area contributed by atoms with Crippen LogP contribution in [0.25, 0.3) is 0 Å². The highest BCUT2D eigenvalue weighted by molar-refractivity contribution is 4.97. The average Bonchev–Trinajstić information content (AvgIpc) is 1.81. The van der Waals surface area contributed by atoms with Gasteiger partial charge < -0.3 is 9.84 Å². The number of rotatable bonds is 4. The molecule has 0 aliphatic heterocycles. The Morgan fingerprint density at radius 3 is 2.20 bits per heavy atom. The third-order valence-electron chi connectivity index (χ3n) is 1.15. The van der Waals surface area contributed by atoms with Crippen LogP contribution in [-0.4, -0.2) is 23.9 Å². The Morgan fingerprint density at radius 2 is 2.10 bits per heavy atom. The van der Waals surface area contributed by atoms with Crippen LogP contribution in [0.15, 0.2) is 12.2 Å². The Kier molecular flexibility index (Phi) is 4.32. The molecule has 10 heavy (non-hydrogen) atoms. The average molecular weight is 144 g/mol. The van der Waals surface area contributed by atoms with Gasteiger partial charge in [0.2, 0.25) is 0 Å². The molecule has 0 spiro atoms. The number of ether oxygens (including phenoxy) is 1. The molecule has 0 aromatic heterocycles. The summed E-state index contributed by atoms with van der Waals surface area (Å²) in [5.41, 5.74) is 0.871. The molecule has 1 atom stereocenters. The van der Waals surface area contributed by atoms with Crippen molar-refractivity contribution < 1.29 is 9.84 Å². The van der Waals surface area contributed by atoms with Crippen molar-refractivity contribution >= 4 is 0 Å². The van der Waals surface area contributed by atoms with Gasteiger partial charge in [-0.25, -0.2) is 0 Å². The molecular formula is C8H16O2. The van der Waals surface area contributed by atoms with Crippen molar-refractivity contribution in [2.75, 3.05) is 6.61 Å². The summed E-state index contributed by atoms with van der Waals surface area (Å²) in [6.07, 6.45) is -0.0474. The Morgan fingerprint density at radius 1 is 1.60 bits per heavy atom. The second-order valence-corrected chi connectivity index (χ2v) is 2.70. The topological polar surface area (TPSA) is 29.5 Å². The molecule has 0 radical (unpaired) electrons. The smallest absolute Gasteiger partial charge is 0.101 e. The lowest BCUT2D eigenvalue weighted by molar-refractivity contribution is -0.00199. The van der Waals surface area contributed by atoms with Crippen LogP contribution in [0.2, 0.25) is 0 Å². The Bertz CT molecular complexity index is 108. The minimum absolute atomic E-state index is 0.0213. The molecule has 60 valence electrons. The van der Waals surface area contributed by atoms with Crippen molar-refractivity contribution in [1.82, 2.24) is 0 Å². The Hall–Kier alpha value is -0.340. The van der Waals surface area contributed by atoms with Crippen LogP contribution in [0.5, 0.6) is 0 Å². The number of hydrogen-bond donors (Lipinski definition) is 1. The summed E-state index contributed by atoms with van der Waals surface area (Å²) >= 11 is 0. The van der Waals surface area contributed by atoms with Gasteiger partial charge in [0.25, 0.3) is 0 Å². The molecule has 0 heterocycles. The van der Waals surface area contributed by atoms with Crippen LogP contribution in [0, 0.1) is 0 Å². The minimum atomic E-state index is -0.194. The molecule has 1 N–H and O–H groups in total. The van der Waals surface area contributed by atoms with Crippen LogP contribution >= 0.6 is 0 Å². The van der Waals surface area contributed by atoms with Crippen molar-refractivity contribution in [3.05, 3.63) is 12.2 Å². The van der Waals surface area contributed by atoms with E-state index in [0.717, 1.165) is 5.57 Å². The van der Waals surface area contributed by atoms with E-state index in [-0.39, 0.29) is 18.8 Å². The molecule has 0 rings (SSSR count). The monoisotopic (exact) mass is 144 g/mol. The standard InChI is InChI=1S/C8H16O2/c1-6(2)8(5-9)10-7(3)4/h7-9H,1,5H2,2-4H3. The van der Waals surface area contributed by atoms with Crippen molar-refractivity contribution in [1.29, 1.82) is 0 Å². The van der Waals surface area contributed by atoms with Gasteiger partial charge in [-0.15, -0.1) is 0 Å². The molecule has 0 saturated carbocycles. The summed E-state index contributed by atoms with van der Waals surface area (Å²) in [7, 11) is 0. The third kappa shape index (κ3) is 3.64. The molecule has 0 bridgehead atoms. The second-order valence-electron chi connectivity index (χ2n) is 2.70. The number of aliphatic hydroxyl groups is 1. The van der Waals surface area contributed by atoms with E-state index in [4.69, 9.17) is 9.84 Å². The van der Waals surface area contributed by atoms with E-state index in [1.54, 1.807) is 0 Å². The fraction of sp³-hybridized carbons (Fsp3) is 0.750. The van der Waals surface area contributed by atoms with Gasteiger partial charge in [-0.3, -0.25) is 0 Å². The molecule has 0 aliphatic rings. The van der Waals surface area contributed by atoms with E-state index in [0.29, 0.717) is 0 Å². The summed E-state index contributed by atoms with van der Waals surface area (Å²) < 4.78 is 5.31.